The number of hydrogen-bond acceptors (Lipinski definition) is 3. The monoisotopic (exact) mass is 283 g/mol. The first-order valence-corrected chi connectivity index (χ1v) is 5.83. The quantitative estimate of drug-likeness (QED) is 0.779. The van der Waals surface area contributed by atoms with Crippen LogP contribution in [0.4, 0.5) is 13.6 Å². The van der Waals surface area contributed by atoms with Crippen molar-refractivity contribution in [3.05, 3.63) is 29.3 Å². The van der Waals surface area contributed by atoms with Gasteiger partial charge in [-0.15, -0.1) is 0 Å². The van der Waals surface area contributed by atoms with E-state index in [1.165, 1.54) is 0 Å². The highest BCUT2D eigenvalue weighted by Crippen LogP contribution is 2.20. The van der Waals surface area contributed by atoms with Gasteiger partial charge in [-0.3, -0.25) is 0 Å². The summed E-state index contributed by atoms with van der Waals surface area (Å²) < 4.78 is 31.3. The van der Waals surface area contributed by atoms with Gasteiger partial charge in [-0.05, 0) is 32.9 Å². The number of benzene rings is 1. The molecule has 0 heterocycles. The number of halogens is 2. The summed E-state index contributed by atoms with van der Waals surface area (Å²) in [4.78, 5) is 11.3. The summed E-state index contributed by atoms with van der Waals surface area (Å²) in [6.07, 6.45) is -0.649. The van der Waals surface area contributed by atoms with Crippen molar-refractivity contribution in [3.8, 4) is 17.6 Å². The third kappa shape index (κ3) is 4.76. The molecule has 0 aliphatic carbocycles. The molecule has 0 fully saturated rings. The molecule has 0 saturated carbocycles. The van der Waals surface area contributed by atoms with Gasteiger partial charge >= 0.3 is 6.09 Å². The van der Waals surface area contributed by atoms with Crippen LogP contribution in [-0.4, -0.2) is 23.3 Å². The Morgan fingerprint density at radius 3 is 2.60 bits per heavy atom. The molecule has 2 N–H and O–H groups in total. The summed E-state index contributed by atoms with van der Waals surface area (Å²) in [6, 6.07) is 2.15. The van der Waals surface area contributed by atoms with E-state index >= 15 is 0 Å². The average Bonchev–Trinajstić information content (AvgIpc) is 2.32. The van der Waals surface area contributed by atoms with E-state index < -0.39 is 29.1 Å². The summed E-state index contributed by atoms with van der Waals surface area (Å²) in [5.74, 6) is 1.45. The minimum Gasteiger partial charge on any atom is -0.505 e. The Morgan fingerprint density at radius 2 is 2.00 bits per heavy atom. The minimum absolute atomic E-state index is 0.0726. The average molecular weight is 283 g/mol. The number of nitrogens with one attached hydrogen (secondary N) is 1. The van der Waals surface area contributed by atoms with Gasteiger partial charge in [-0.1, -0.05) is 11.8 Å². The number of alkyl carbamates (subject to hydrolysis) is 1. The number of rotatable bonds is 1. The van der Waals surface area contributed by atoms with Gasteiger partial charge < -0.3 is 15.2 Å². The van der Waals surface area contributed by atoms with Crippen molar-refractivity contribution in [2.45, 2.75) is 26.4 Å². The third-order valence-electron chi connectivity index (χ3n) is 2.00. The molecule has 1 rings (SSSR count). The Labute approximate surface area is 115 Å². The van der Waals surface area contributed by atoms with Crippen LogP contribution in [0.15, 0.2) is 12.1 Å². The third-order valence-corrected chi connectivity index (χ3v) is 2.00. The lowest BCUT2D eigenvalue weighted by Gasteiger charge is -2.18. The van der Waals surface area contributed by atoms with E-state index in [1.54, 1.807) is 20.8 Å². The van der Waals surface area contributed by atoms with Crippen molar-refractivity contribution < 1.29 is 23.4 Å². The Morgan fingerprint density at radius 1 is 1.35 bits per heavy atom. The molecule has 0 spiro atoms. The molecule has 1 aromatic carbocycles. The van der Waals surface area contributed by atoms with Crippen molar-refractivity contribution >= 4 is 6.09 Å². The first-order chi connectivity index (χ1) is 9.20. The van der Waals surface area contributed by atoms with Crippen LogP contribution in [0.1, 0.15) is 26.3 Å². The maximum Gasteiger partial charge on any atom is 0.408 e. The van der Waals surface area contributed by atoms with Gasteiger partial charge in [0.1, 0.15) is 5.60 Å². The molecule has 20 heavy (non-hydrogen) atoms. The van der Waals surface area contributed by atoms with E-state index in [2.05, 4.69) is 17.2 Å². The fraction of sp³-hybridized carbons (Fsp3) is 0.357. The maximum atomic E-state index is 13.3. The smallest absolute Gasteiger partial charge is 0.408 e. The molecule has 0 aliphatic heterocycles. The van der Waals surface area contributed by atoms with E-state index in [1.807, 2.05) is 0 Å². The molecule has 108 valence electrons. The molecule has 0 saturated heterocycles. The van der Waals surface area contributed by atoms with Crippen LogP contribution in [0.25, 0.3) is 0 Å². The van der Waals surface area contributed by atoms with Crippen LogP contribution >= 0.6 is 0 Å². The molecule has 0 aliphatic rings. The van der Waals surface area contributed by atoms with Crippen LogP contribution in [0.3, 0.4) is 0 Å². The van der Waals surface area contributed by atoms with Crippen molar-refractivity contribution in [3.63, 3.8) is 0 Å². The lowest BCUT2D eigenvalue weighted by Crippen LogP contribution is -2.32. The highest BCUT2D eigenvalue weighted by molar-refractivity contribution is 5.68. The number of carbonyl (C=O) groups is 1. The Bertz CT molecular complexity index is 568. The number of amides is 1. The summed E-state index contributed by atoms with van der Waals surface area (Å²) in [5, 5.41) is 11.3. The van der Waals surface area contributed by atoms with Gasteiger partial charge in [0, 0.05) is 0 Å². The normalized spacial score (nSPS) is 10.4. The van der Waals surface area contributed by atoms with Crippen molar-refractivity contribution in [1.29, 1.82) is 0 Å². The van der Waals surface area contributed by atoms with Crippen LogP contribution in [0.5, 0.6) is 5.75 Å². The molecule has 0 unspecified atom stereocenters. The van der Waals surface area contributed by atoms with Crippen LogP contribution < -0.4 is 5.32 Å². The Kier molecular flexibility index (Phi) is 4.92. The van der Waals surface area contributed by atoms with Gasteiger partial charge in [-0.2, -0.15) is 4.39 Å². The lowest BCUT2D eigenvalue weighted by atomic mass is 10.2. The molecular weight excluding hydrogens is 268 g/mol. The number of aromatic hydroxyl groups is 1. The molecule has 4 nitrogen and oxygen atoms in total. The van der Waals surface area contributed by atoms with Crippen LogP contribution in [-0.2, 0) is 4.74 Å². The van der Waals surface area contributed by atoms with E-state index in [4.69, 9.17) is 9.84 Å². The predicted octanol–water partition coefficient (Wildman–Crippen LogP) is 2.55. The second kappa shape index (κ2) is 6.24. The minimum atomic E-state index is -1.35. The summed E-state index contributed by atoms with van der Waals surface area (Å²) in [6.45, 7) is 5.07. The zero-order valence-corrected chi connectivity index (χ0v) is 11.4. The Hall–Kier alpha value is -2.29. The lowest BCUT2D eigenvalue weighted by molar-refractivity contribution is 0.0535. The summed E-state index contributed by atoms with van der Waals surface area (Å²) in [7, 11) is 0. The maximum absolute atomic E-state index is 13.3. The zero-order valence-electron chi connectivity index (χ0n) is 11.4. The van der Waals surface area contributed by atoms with Crippen LogP contribution in [0.2, 0.25) is 0 Å². The molecule has 0 aromatic heterocycles. The summed E-state index contributed by atoms with van der Waals surface area (Å²) in [5.41, 5.74) is -0.824. The molecule has 0 atom stereocenters. The van der Waals surface area contributed by atoms with Gasteiger partial charge in [0.15, 0.2) is 11.6 Å². The standard InChI is InChI=1S/C14H15F2NO3/c1-14(2,3)20-13(19)17-8-4-5-9-6-7-10(18)12(16)11(9)15/h6-7,18H,8H2,1-3H3,(H,17,19). The largest absolute Gasteiger partial charge is 0.505 e. The number of phenols is 1. The van der Waals surface area contributed by atoms with Crippen LogP contribution in [0, 0.1) is 23.5 Å². The molecule has 6 heteroatoms. The summed E-state index contributed by atoms with van der Waals surface area (Å²) >= 11 is 0. The Balaban J connectivity index is 2.60. The number of hydrogen-bond donors (Lipinski definition) is 2. The molecule has 1 aromatic rings. The van der Waals surface area contributed by atoms with Crippen molar-refractivity contribution in [1.82, 2.24) is 5.32 Å². The fourth-order valence-electron chi connectivity index (χ4n) is 1.21. The number of phenolic OH excluding ortho intramolecular Hbond substituents is 1. The second-order valence-electron chi connectivity index (χ2n) is 4.92. The van der Waals surface area contributed by atoms with Crippen molar-refractivity contribution in [2.24, 2.45) is 0 Å². The topological polar surface area (TPSA) is 58.6 Å². The molecule has 0 radical (unpaired) electrons. The van der Waals surface area contributed by atoms with Gasteiger partial charge in [0.2, 0.25) is 5.82 Å². The first kappa shape index (κ1) is 15.8. The zero-order chi connectivity index (χ0) is 15.3. The van der Waals surface area contributed by atoms with E-state index in [-0.39, 0.29) is 12.1 Å². The highest BCUT2D eigenvalue weighted by Gasteiger charge is 2.15. The fourth-order valence-corrected chi connectivity index (χ4v) is 1.21. The van der Waals surface area contributed by atoms with E-state index in [0.717, 1.165) is 12.1 Å². The van der Waals surface area contributed by atoms with E-state index in [9.17, 15) is 13.6 Å². The molecule has 0 bridgehead atoms. The SMILES string of the molecule is CC(C)(C)OC(=O)NCC#Cc1ccc(O)c(F)c1F. The highest BCUT2D eigenvalue weighted by atomic mass is 19.2. The van der Waals surface area contributed by atoms with E-state index in [0.29, 0.717) is 0 Å². The van der Waals surface area contributed by atoms with Gasteiger partial charge in [-0.25, -0.2) is 9.18 Å². The van der Waals surface area contributed by atoms with Gasteiger partial charge in [0.25, 0.3) is 0 Å². The second-order valence-corrected chi connectivity index (χ2v) is 4.92. The van der Waals surface area contributed by atoms with Crippen molar-refractivity contribution in [2.75, 3.05) is 6.54 Å². The molecular formula is C14H15F2NO3. The number of carbonyl (C=O) groups excluding carboxylic acids is 1. The number of ether oxygens (including phenoxy) is 1. The first-order valence-electron chi connectivity index (χ1n) is 5.83. The van der Waals surface area contributed by atoms with Gasteiger partial charge in [0.05, 0.1) is 12.1 Å². The predicted molar refractivity (Wildman–Crippen MR) is 69.1 cm³/mol. The molecule has 1 amide bonds.